The van der Waals surface area contributed by atoms with Crippen LogP contribution in [0.3, 0.4) is 0 Å². The fourth-order valence-electron chi connectivity index (χ4n) is 2.45. The Kier molecular flexibility index (Phi) is 5.47. The Morgan fingerprint density at radius 3 is 2.36 bits per heavy atom. The van der Waals surface area contributed by atoms with Crippen LogP contribution in [0.4, 0.5) is 0 Å². The molecule has 2 rings (SSSR count). The first-order valence-corrected chi connectivity index (χ1v) is 7.68. The van der Waals surface area contributed by atoms with Gasteiger partial charge in [0.25, 0.3) is 5.91 Å². The summed E-state index contributed by atoms with van der Waals surface area (Å²) in [6.45, 7) is 4.71. The second-order valence-electron chi connectivity index (χ2n) is 5.27. The molecule has 0 aliphatic carbocycles. The average molecular weight is 339 g/mol. The summed E-state index contributed by atoms with van der Waals surface area (Å²) in [5, 5.41) is 10.1. The molecule has 1 fully saturated rings. The van der Waals surface area contributed by atoms with Crippen LogP contribution in [0.15, 0.2) is 23.8 Å². The minimum atomic E-state index is -0.333. The molecule has 6 heteroatoms. The van der Waals surface area contributed by atoms with Crippen molar-refractivity contribution < 1.29 is 9.53 Å². The number of carbonyl (C=O) groups excluding carboxylic acids is 1. The quantitative estimate of drug-likeness (QED) is 0.612. The molecular weight excluding hydrogens is 323 g/mol. The van der Waals surface area contributed by atoms with Gasteiger partial charge in [-0.25, -0.2) is 0 Å². The van der Waals surface area contributed by atoms with Crippen LogP contribution in [0.1, 0.15) is 19.4 Å². The van der Waals surface area contributed by atoms with Crippen LogP contribution in [0, 0.1) is 11.3 Å². The SMILES string of the molecule is C[C@@H]1CN(C(=O)/C(C#N)=C/c2c(Cl)cccc2Cl)C[C@@H](C)O1. The minimum absolute atomic E-state index is 0.0105. The molecule has 0 saturated carbocycles. The van der Waals surface area contributed by atoms with Gasteiger partial charge in [0.05, 0.1) is 12.2 Å². The van der Waals surface area contributed by atoms with Crippen LogP contribution in [0.2, 0.25) is 10.0 Å². The van der Waals surface area contributed by atoms with E-state index in [4.69, 9.17) is 27.9 Å². The number of morpholine rings is 1. The van der Waals surface area contributed by atoms with Crippen LogP contribution in [-0.4, -0.2) is 36.1 Å². The van der Waals surface area contributed by atoms with Gasteiger partial charge in [-0.15, -0.1) is 0 Å². The highest BCUT2D eigenvalue weighted by Crippen LogP contribution is 2.27. The maximum atomic E-state index is 12.5. The summed E-state index contributed by atoms with van der Waals surface area (Å²) >= 11 is 12.2. The first kappa shape index (κ1) is 16.8. The number of nitrogens with zero attached hydrogens (tertiary/aromatic N) is 2. The van der Waals surface area contributed by atoms with Gasteiger partial charge in [-0.05, 0) is 32.1 Å². The van der Waals surface area contributed by atoms with Crippen molar-refractivity contribution in [2.45, 2.75) is 26.1 Å². The second kappa shape index (κ2) is 7.15. The number of rotatable bonds is 2. The summed E-state index contributed by atoms with van der Waals surface area (Å²) in [5.41, 5.74) is 0.487. The zero-order valence-corrected chi connectivity index (χ0v) is 13.9. The summed E-state index contributed by atoms with van der Waals surface area (Å²) in [4.78, 5) is 14.2. The number of ether oxygens (including phenoxy) is 1. The highest BCUT2D eigenvalue weighted by atomic mass is 35.5. The molecule has 1 aliphatic rings. The molecule has 22 heavy (non-hydrogen) atoms. The molecule has 0 spiro atoms. The van der Waals surface area contributed by atoms with Gasteiger partial charge >= 0.3 is 0 Å². The van der Waals surface area contributed by atoms with Gasteiger partial charge < -0.3 is 9.64 Å². The summed E-state index contributed by atoms with van der Waals surface area (Å²) in [5.74, 6) is -0.333. The largest absolute Gasteiger partial charge is 0.372 e. The predicted molar refractivity (Wildman–Crippen MR) is 86.6 cm³/mol. The third-order valence-corrected chi connectivity index (χ3v) is 4.01. The van der Waals surface area contributed by atoms with Crippen LogP contribution >= 0.6 is 23.2 Å². The molecule has 1 aliphatic heterocycles. The molecule has 0 radical (unpaired) electrons. The third kappa shape index (κ3) is 3.80. The molecule has 116 valence electrons. The molecule has 1 aromatic carbocycles. The first-order chi connectivity index (χ1) is 10.4. The molecule has 0 unspecified atom stereocenters. The Labute approximate surface area is 139 Å². The van der Waals surface area contributed by atoms with Gasteiger partial charge in [-0.3, -0.25) is 4.79 Å². The standard InChI is InChI=1S/C16H16Cl2N2O2/c1-10-8-20(9-11(2)22-10)16(21)12(7-19)6-13-14(17)4-3-5-15(13)18/h3-6,10-11H,8-9H2,1-2H3/b12-6+/t10-,11-/m1/s1. The maximum absolute atomic E-state index is 12.5. The van der Waals surface area contributed by atoms with Crippen molar-refractivity contribution in [3.63, 3.8) is 0 Å². The Morgan fingerprint density at radius 2 is 1.86 bits per heavy atom. The number of amides is 1. The van der Waals surface area contributed by atoms with Crippen LogP contribution in [-0.2, 0) is 9.53 Å². The lowest BCUT2D eigenvalue weighted by atomic mass is 10.1. The number of carbonyl (C=O) groups is 1. The Balaban J connectivity index is 2.30. The van der Waals surface area contributed by atoms with E-state index in [-0.39, 0.29) is 23.7 Å². The van der Waals surface area contributed by atoms with E-state index >= 15 is 0 Å². The highest BCUT2D eigenvalue weighted by molar-refractivity contribution is 6.37. The number of hydrogen-bond donors (Lipinski definition) is 0. The van der Waals surface area contributed by atoms with E-state index in [9.17, 15) is 10.1 Å². The van der Waals surface area contributed by atoms with Crippen molar-refractivity contribution in [3.05, 3.63) is 39.4 Å². The summed E-state index contributed by atoms with van der Waals surface area (Å²) in [6.07, 6.45) is 1.32. The Hall–Kier alpha value is -1.54. The number of benzene rings is 1. The van der Waals surface area contributed by atoms with Crippen molar-refractivity contribution in [2.24, 2.45) is 0 Å². The topological polar surface area (TPSA) is 53.3 Å². The maximum Gasteiger partial charge on any atom is 0.264 e. The lowest BCUT2D eigenvalue weighted by Crippen LogP contribution is -2.48. The van der Waals surface area contributed by atoms with Crippen molar-refractivity contribution >= 4 is 35.2 Å². The van der Waals surface area contributed by atoms with Crippen molar-refractivity contribution in [3.8, 4) is 6.07 Å². The fraction of sp³-hybridized carbons (Fsp3) is 0.375. The van der Waals surface area contributed by atoms with Gasteiger partial charge in [0.15, 0.2) is 0 Å². The molecule has 1 amide bonds. The third-order valence-electron chi connectivity index (χ3n) is 3.35. The lowest BCUT2D eigenvalue weighted by Gasteiger charge is -2.35. The van der Waals surface area contributed by atoms with Crippen molar-refractivity contribution in [2.75, 3.05) is 13.1 Å². The molecule has 2 atom stereocenters. The smallest absolute Gasteiger partial charge is 0.264 e. The number of halogens is 2. The number of hydrogen-bond acceptors (Lipinski definition) is 3. The van der Waals surface area contributed by atoms with Gasteiger partial charge in [0.1, 0.15) is 11.6 Å². The average Bonchev–Trinajstić information content (AvgIpc) is 2.45. The minimum Gasteiger partial charge on any atom is -0.372 e. The second-order valence-corrected chi connectivity index (χ2v) is 6.09. The summed E-state index contributed by atoms with van der Waals surface area (Å²) in [7, 11) is 0. The molecule has 0 aromatic heterocycles. The number of nitriles is 1. The molecule has 1 heterocycles. The van der Waals surface area contributed by atoms with Crippen molar-refractivity contribution in [1.82, 2.24) is 4.90 Å². The zero-order valence-electron chi connectivity index (χ0n) is 12.3. The normalized spacial score (nSPS) is 22.3. The van der Waals surface area contributed by atoms with Crippen LogP contribution < -0.4 is 0 Å². The van der Waals surface area contributed by atoms with E-state index in [1.807, 2.05) is 19.9 Å². The Morgan fingerprint density at radius 1 is 1.32 bits per heavy atom. The molecule has 0 bridgehead atoms. The fourth-order valence-corrected chi connectivity index (χ4v) is 2.96. The predicted octanol–water partition coefficient (Wildman–Crippen LogP) is 3.54. The van der Waals surface area contributed by atoms with Gasteiger partial charge in [-0.1, -0.05) is 29.3 Å². The van der Waals surface area contributed by atoms with Crippen LogP contribution in [0.25, 0.3) is 6.08 Å². The van der Waals surface area contributed by atoms with E-state index in [2.05, 4.69) is 0 Å². The first-order valence-electron chi connectivity index (χ1n) is 6.93. The highest BCUT2D eigenvalue weighted by Gasteiger charge is 2.28. The van der Waals surface area contributed by atoms with E-state index in [1.165, 1.54) is 6.08 Å². The molecule has 1 saturated heterocycles. The van der Waals surface area contributed by atoms with Gasteiger partial charge in [0, 0.05) is 28.7 Å². The summed E-state index contributed by atoms with van der Waals surface area (Å²) < 4.78 is 5.60. The van der Waals surface area contributed by atoms with Gasteiger partial charge in [0.2, 0.25) is 0 Å². The molecule has 4 nitrogen and oxygen atoms in total. The molecular formula is C16H16Cl2N2O2. The molecule has 1 aromatic rings. The summed E-state index contributed by atoms with van der Waals surface area (Å²) in [6, 6.07) is 6.98. The van der Waals surface area contributed by atoms with E-state index in [0.29, 0.717) is 28.7 Å². The van der Waals surface area contributed by atoms with E-state index in [0.717, 1.165) is 0 Å². The van der Waals surface area contributed by atoms with E-state index < -0.39 is 0 Å². The molecule has 0 N–H and O–H groups in total. The Bertz CT molecular complexity index is 622. The van der Waals surface area contributed by atoms with Crippen molar-refractivity contribution in [1.29, 1.82) is 5.26 Å². The monoisotopic (exact) mass is 338 g/mol. The zero-order chi connectivity index (χ0) is 16.3. The lowest BCUT2D eigenvalue weighted by molar-refractivity contribution is -0.138. The van der Waals surface area contributed by atoms with Gasteiger partial charge in [-0.2, -0.15) is 5.26 Å². The van der Waals surface area contributed by atoms with E-state index in [1.54, 1.807) is 23.1 Å². The van der Waals surface area contributed by atoms with Crippen LogP contribution in [0.5, 0.6) is 0 Å².